The maximum absolute atomic E-state index is 12.8. The van der Waals surface area contributed by atoms with Crippen LogP contribution in [0.3, 0.4) is 0 Å². The molecule has 4 nitrogen and oxygen atoms in total. The molecule has 1 N–H and O–H groups in total. The number of benzene rings is 1. The van der Waals surface area contributed by atoms with E-state index in [-0.39, 0.29) is 0 Å². The summed E-state index contributed by atoms with van der Waals surface area (Å²) in [7, 11) is 0. The van der Waals surface area contributed by atoms with E-state index in [1.54, 1.807) is 6.20 Å². The molecule has 24 heavy (non-hydrogen) atoms. The Morgan fingerprint density at radius 2 is 2.04 bits per heavy atom. The molecule has 0 atom stereocenters. The van der Waals surface area contributed by atoms with Gasteiger partial charge in [0.25, 0.3) is 0 Å². The molecule has 0 amide bonds. The van der Waals surface area contributed by atoms with E-state index >= 15 is 0 Å². The number of alkyl halides is 3. The van der Waals surface area contributed by atoms with Crippen molar-refractivity contribution in [3.63, 3.8) is 0 Å². The van der Waals surface area contributed by atoms with E-state index in [2.05, 4.69) is 15.0 Å². The standard InChI is InChI=1S/C16H11F3N4S/c17-16(18,19)11-3-4-12-13(8-11)22-15(21-12)24-9-10-2-1-6-23-7-5-20-14(10)23/h1-8H,9H2,(H,21,22). The van der Waals surface area contributed by atoms with Crippen molar-refractivity contribution in [2.24, 2.45) is 0 Å². The first kappa shape index (κ1) is 15.1. The van der Waals surface area contributed by atoms with E-state index in [9.17, 15) is 13.2 Å². The van der Waals surface area contributed by atoms with Gasteiger partial charge in [-0.3, -0.25) is 0 Å². The van der Waals surface area contributed by atoms with Crippen molar-refractivity contribution in [2.75, 3.05) is 0 Å². The molecule has 0 unspecified atom stereocenters. The van der Waals surface area contributed by atoms with Crippen LogP contribution in [0, 0.1) is 0 Å². The van der Waals surface area contributed by atoms with Crippen molar-refractivity contribution < 1.29 is 13.2 Å². The zero-order valence-corrected chi connectivity index (χ0v) is 13.0. The molecule has 3 heterocycles. The molecule has 4 aromatic rings. The summed E-state index contributed by atoms with van der Waals surface area (Å²) in [6.07, 6.45) is 1.14. The van der Waals surface area contributed by atoms with E-state index < -0.39 is 11.7 Å². The normalized spacial score (nSPS) is 12.3. The zero-order valence-electron chi connectivity index (χ0n) is 12.2. The Labute approximate surface area is 138 Å². The number of pyridine rings is 1. The van der Waals surface area contributed by atoms with Crippen LogP contribution in [0.25, 0.3) is 16.7 Å². The average molecular weight is 348 g/mol. The zero-order chi connectivity index (χ0) is 16.7. The van der Waals surface area contributed by atoms with Crippen LogP contribution in [0.4, 0.5) is 13.2 Å². The topological polar surface area (TPSA) is 46.0 Å². The van der Waals surface area contributed by atoms with E-state index in [1.807, 2.05) is 28.9 Å². The maximum Gasteiger partial charge on any atom is 0.416 e. The molecule has 8 heteroatoms. The summed E-state index contributed by atoms with van der Waals surface area (Å²) in [6.45, 7) is 0. The van der Waals surface area contributed by atoms with Crippen molar-refractivity contribution in [3.05, 3.63) is 60.0 Å². The molecule has 4 rings (SSSR count). The Balaban J connectivity index is 1.60. The third-order valence-electron chi connectivity index (χ3n) is 3.65. The lowest BCUT2D eigenvalue weighted by Gasteiger charge is -2.05. The van der Waals surface area contributed by atoms with Gasteiger partial charge in [-0.25, -0.2) is 9.97 Å². The molecule has 0 aliphatic carbocycles. The highest BCUT2D eigenvalue weighted by molar-refractivity contribution is 7.98. The van der Waals surface area contributed by atoms with Crippen LogP contribution < -0.4 is 0 Å². The van der Waals surface area contributed by atoms with Crippen LogP contribution >= 0.6 is 11.8 Å². The van der Waals surface area contributed by atoms with Crippen LogP contribution in [-0.4, -0.2) is 19.4 Å². The number of aromatic nitrogens is 4. The number of rotatable bonds is 3. The summed E-state index contributed by atoms with van der Waals surface area (Å²) in [4.78, 5) is 11.6. The number of halogens is 3. The van der Waals surface area contributed by atoms with Gasteiger partial charge in [-0.15, -0.1) is 0 Å². The van der Waals surface area contributed by atoms with Crippen LogP contribution in [0.2, 0.25) is 0 Å². The first-order valence-electron chi connectivity index (χ1n) is 7.11. The van der Waals surface area contributed by atoms with Crippen LogP contribution in [-0.2, 0) is 11.9 Å². The Kier molecular flexibility index (Phi) is 3.49. The van der Waals surface area contributed by atoms with Gasteiger partial charge in [0.15, 0.2) is 5.16 Å². The van der Waals surface area contributed by atoms with Gasteiger partial charge in [0.05, 0.1) is 16.6 Å². The molecule has 122 valence electrons. The molecule has 0 spiro atoms. The maximum atomic E-state index is 12.8. The fraction of sp³-hybridized carbons (Fsp3) is 0.125. The fourth-order valence-corrected chi connectivity index (χ4v) is 3.36. The quantitative estimate of drug-likeness (QED) is 0.554. The van der Waals surface area contributed by atoms with Crippen molar-refractivity contribution in [1.29, 1.82) is 0 Å². The Hall–Kier alpha value is -2.48. The highest BCUT2D eigenvalue weighted by Crippen LogP contribution is 2.32. The Morgan fingerprint density at radius 3 is 2.88 bits per heavy atom. The number of hydrogen-bond donors (Lipinski definition) is 1. The molecule has 3 aromatic heterocycles. The third kappa shape index (κ3) is 2.73. The second-order valence-corrected chi connectivity index (χ2v) is 6.22. The molecule has 0 fully saturated rings. The molecule has 0 radical (unpaired) electrons. The van der Waals surface area contributed by atoms with E-state index in [0.29, 0.717) is 21.9 Å². The number of imidazole rings is 2. The first-order chi connectivity index (χ1) is 11.5. The van der Waals surface area contributed by atoms with Crippen LogP contribution in [0.5, 0.6) is 0 Å². The average Bonchev–Trinajstić information content (AvgIpc) is 3.17. The molecule has 1 aromatic carbocycles. The summed E-state index contributed by atoms with van der Waals surface area (Å²) in [6, 6.07) is 7.41. The molecule has 0 bridgehead atoms. The van der Waals surface area contributed by atoms with Gasteiger partial charge in [-0.1, -0.05) is 17.8 Å². The fourth-order valence-electron chi connectivity index (χ4n) is 2.50. The summed E-state index contributed by atoms with van der Waals surface area (Å²) >= 11 is 1.43. The molecule has 0 aliphatic heterocycles. The number of nitrogens with zero attached hydrogens (tertiary/aromatic N) is 3. The van der Waals surface area contributed by atoms with Gasteiger partial charge in [0.2, 0.25) is 0 Å². The number of hydrogen-bond acceptors (Lipinski definition) is 3. The highest BCUT2D eigenvalue weighted by Gasteiger charge is 2.30. The van der Waals surface area contributed by atoms with E-state index in [1.165, 1.54) is 17.8 Å². The minimum Gasteiger partial charge on any atom is -0.333 e. The van der Waals surface area contributed by atoms with Crippen molar-refractivity contribution in [1.82, 2.24) is 19.4 Å². The monoisotopic (exact) mass is 348 g/mol. The smallest absolute Gasteiger partial charge is 0.333 e. The molecule has 0 saturated heterocycles. The van der Waals surface area contributed by atoms with Crippen molar-refractivity contribution >= 4 is 28.4 Å². The first-order valence-corrected chi connectivity index (χ1v) is 8.09. The molecule has 0 saturated carbocycles. The number of thioether (sulfide) groups is 1. The largest absolute Gasteiger partial charge is 0.416 e. The van der Waals surface area contributed by atoms with E-state index in [4.69, 9.17) is 0 Å². The lowest BCUT2D eigenvalue weighted by molar-refractivity contribution is -0.137. The van der Waals surface area contributed by atoms with Gasteiger partial charge in [0.1, 0.15) is 5.65 Å². The summed E-state index contributed by atoms with van der Waals surface area (Å²) in [5.74, 6) is 0.618. The SMILES string of the molecule is FC(F)(F)c1ccc2nc(SCc3cccn4ccnc34)[nH]c2c1. The minimum atomic E-state index is -4.36. The second-order valence-electron chi connectivity index (χ2n) is 5.25. The number of fused-ring (bicyclic) bond motifs is 2. The van der Waals surface area contributed by atoms with Gasteiger partial charge in [-0.05, 0) is 24.3 Å². The number of aromatic amines is 1. The molecule has 0 aliphatic rings. The minimum absolute atomic E-state index is 0.381. The predicted molar refractivity (Wildman–Crippen MR) is 85.8 cm³/mol. The summed E-state index contributed by atoms with van der Waals surface area (Å²) < 4.78 is 40.2. The number of nitrogens with one attached hydrogen (secondary N) is 1. The van der Waals surface area contributed by atoms with Crippen molar-refractivity contribution in [2.45, 2.75) is 17.1 Å². The predicted octanol–water partition coefficient (Wildman–Crippen LogP) is 4.52. The van der Waals surface area contributed by atoms with Crippen LogP contribution in [0.1, 0.15) is 11.1 Å². The van der Waals surface area contributed by atoms with Crippen LogP contribution in [0.15, 0.2) is 54.1 Å². The number of H-pyrrole nitrogens is 1. The Bertz CT molecular complexity index is 1020. The van der Waals surface area contributed by atoms with E-state index in [0.717, 1.165) is 23.3 Å². The molecular weight excluding hydrogens is 337 g/mol. The Morgan fingerprint density at radius 1 is 1.17 bits per heavy atom. The van der Waals surface area contributed by atoms with Gasteiger partial charge < -0.3 is 9.38 Å². The van der Waals surface area contributed by atoms with Gasteiger partial charge in [0, 0.05) is 29.9 Å². The lowest BCUT2D eigenvalue weighted by Crippen LogP contribution is -2.04. The lowest BCUT2D eigenvalue weighted by atomic mass is 10.2. The third-order valence-corrected chi connectivity index (χ3v) is 4.57. The highest BCUT2D eigenvalue weighted by atomic mass is 32.2. The molecular formula is C16H11F3N4S. The van der Waals surface area contributed by atoms with Gasteiger partial charge in [-0.2, -0.15) is 13.2 Å². The summed E-state index contributed by atoms with van der Waals surface area (Å²) in [5.41, 5.74) is 2.11. The van der Waals surface area contributed by atoms with Gasteiger partial charge >= 0.3 is 6.18 Å². The summed E-state index contributed by atoms with van der Waals surface area (Å²) in [5, 5.41) is 0.581. The van der Waals surface area contributed by atoms with Crippen molar-refractivity contribution in [3.8, 4) is 0 Å². The second kappa shape index (κ2) is 5.55.